The van der Waals surface area contributed by atoms with Gasteiger partial charge in [-0.3, -0.25) is 14.2 Å². The highest BCUT2D eigenvalue weighted by molar-refractivity contribution is 7.99. The van der Waals surface area contributed by atoms with Crippen molar-refractivity contribution in [3.63, 3.8) is 0 Å². The minimum Gasteiger partial charge on any atom is -0.325 e. The van der Waals surface area contributed by atoms with Gasteiger partial charge in [-0.25, -0.2) is 4.98 Å². The number of amides is 1. The van der Waals surface area contributed by atoms with Crippen molar-refractivity contribution in [1.82, 2.24) is 9.55 Å². The van der Waals surface area contributed by atoms with E-state index < -0.39 is 0 Å². The van der Waals surface area contributed by atoms with Gasteiger partial charge in [0.25, 0.3) is 5.56 Å². The fraction of sp³-hybridized carbons (Fsp3) is 0.296. The van der Waals surface area contributed by atoms with Crippen LogP contribution in [-0.2, 0) is 17.6 Å². The SMILES string of the molecule is Cc1ccc(-n2c(SCC(=O)Nc3cc(C)ccc3C)nc3sc4c(c3c2=O)CCCC4)cc1. The summed E-state index contributed by atoms with van der Waals surface area (Å²) in [5.41, 5.74) is 5.97. The smallest absolute Gasteiger partial charge is 0.267 e. The third kappa shape index (κ3) is 4.42. The summed E-state index contributed by atoms with van der Waals surface area (Å²) in [7, 11) is 0. The number of thiophene rings is 1. The number of carbonyl (C=O) groups is 1. The summed E-state index contributed by atoms with van der Waals surface area (Å²) in [6.45, 7) is 6.01. The number of rotatable bonds is 5. The lowest BCUT2D eigenvalue weighted by atomic mass is 9.97. The van der Waals surface area contributed by atoms with Gasteiger partial charge in [0, 0.05) is 10.6 Å². The maximum atomic E-state index is 13.8. The average molecular weight is 490 g/mol. The Morgan fingerprint density at radius 3 is 2.59 bits per heavy atom. The summed E-state index contributed by atoms with van der Waals surface area (Å²) in [5, 5.41) is 4.31. The number of fused-ring (bicyclic) bond motifs is 3. The first-order chi connectivity index (χ1) is 16.4. The fourth-order valence-electron chi connectivity index (χ4n) is 4.39. The van der Waals surface area contributed by atoms with E-state index in [4.69, 9.17) is 4.98 Å². The lowest BCUT2D eigenvalue weighted by Gasteiger charge is -2.14. The molecule has 7 heteroatoms. The van der Waals surface area contributed by atoms with Crippen LogP contribution in [0.3, 0.4) is 0 Å². The molecule has 5 rings (SSSR count). The molecule has 1 amide bonds. The summed E-state index contributed by atoms with van der Waals surface area (Å²) in [4.78, 5) is 33.6. The summed E-state index contributed by atoms with van der Waals surface area (Å²) >= 11 is 2.94. The molecule has 34 heavy (non-hydrogen) atoms. The van der Waals surface area contributed by atoms with Crippen LogP contribution in [0.15, 0.2) is 52.4 Å². The maximum absolute atomic E-state index is 13.8. The Morgan fingerprint density at radius 2 is 1.79 bits per heavy atom. The lowest BCUT2D eigenvalue weighted by Crippen LogP contribution is -2.23. The van der Waals surface area contributed by atoms with Crippen molar-refractivity contribution < 1.29 is 4.79 Å². The van der Waals surface area contributed by atoms with Gasteiger partial charge in [-0.15, -0.1) is 11.3 Å². The first-order valence-corrected chi connectivity index (χ1v) is 13.3. The molecule has 0 fully saturated rings. The molecule has 2 aromatic carbocycles. The van der Waals surface area contributed by atoms with Crippen molar-refractivity contribution in [2.75, 3.05) is 11.1 Å². The molecular formula is C27H27N3O2S2. The summed E-state index contributed by atoms with van der Waals surface area (Å²) in [6.07, 6.45) is 4.22. The zero-order chi connectivity index (χ0) is 23.8. The van der Waals surface area contributed by atoms with Crippen molar-refractivity contribution in [3.8, 4) is 5.69 Å². The van der Waals surface area contributed by atoms with Crippen LogP contribution >= 0.6 is 23.1 Å². The van der Waals surface area contributed by atoms with Crippen LogP contribution in [0.4, 0.5) is 5.69 Å². The minimum absolute atomic E-state index is 0.0364. The van der Waals surface area contributed by atoms with Gasteiger partial charge in [0.1, 0.15) is 4.83 Å². The maximum Gasteiger partial charge on any atom is 0.267 e. The van der Waals surface area contributed by atoms with E-state index in [1.165, 1.54) is 22.2 Å². The van der Waals surface area contributed by atoms with Gasteiger partial charge in [0.15, 0.2) is 5.16 Å². The Kier molecular flexibility index (Phi) is 6.32. The molecular weight excluding hydrogens is 462 g/mol. The molecule has 0 unspecified atom stereocenters. The van der Waals surface area contributed by atoms with Crippen molar-refractivity contribution >= 4 is 44.9 Å². The van der Waals surface area contributed by atoms with Gasteiger partial charge in [-0.1, -0.05) is 41.6 Å². The number of benzene rings is 2. The Bertz CT molecular complexity index is 1450. The lowest BCUT2D eigenvalue weighted by molar-refractivity contribution is -0.113. The molecule has 1 aliphatic rings. The molecule has 0 atom stereocenters. The van der Waals surface area contributed by atoms with Gasteiger partial charge in [0.2, 0.25) is 5.91 Å². The van der Waals surface area contributed by atoms with Crippen LogP contribution in [0, 0.1) is 20.8 Å². The molecule has 174 valence electrons. The molecule has 1 N–H and O–H groups in total. The number of aryl methyl sites for hydroxylation is 5. The van der Waals surface area contributed by atoms with Gasteiger partial charge >= 0.3 is 0 Å². The van der Waals surface area contributed by atoms with E-state index in [-0.39, 0.29) is 17.2 Å². The number of carbonyl (C=O) groups excluding carboxylic acids is 1. The predicted octanol–water partition coefficient (Wildman–Crippen LogP) is 5.98. The van der Waals surface area contributed by atoms with E-state index in [1.807, 2.05) is 63.2 Å². The van der Waals surface area contributed by atoms with Gasteiger partial charge in [0.05, 0.1) is 16.8 Å². The van der Waals surface area contributed by atoms with Crippen LogP contribution in [-0.4, -0.2) is 21.2 Å². The Morgan fingerprint density at radius 1 is 1.06 bits per heavy atom. The first-order valence-electron chi connectivity index (χ1n) is 11.5. The topological polar surface area (TPSA) is 64.0 Å². The van der Waals surface area contributed by atoms with Crippen LogP contribution in [0.1, 0.15) is 40.0 Å². The Balaban J connectivity index is 1.52. The quantitative estimate of drug-likeness (QED) is 0.277. The predicted molar refractivity (Wildman–Crippen MR) is 142 cm³/mol. The molecule has 0 saturated carbocycles. The van der Waals surface area contributed by atoms with Gasteiger partial charge in [-0.05, 0) is 81.3 Å². The summed E-state index contributed by atoms with van der Waals surface area (Å²) in [5.74, 6) is 0.0522. The van der Waals surface area contributed by atoms with Crippen molar-refractivity contribution in [2.24, 2.45) is 0 Å². The van der Waals surface area contributed by atoms with Crippen LogP contribution in [0.2, 0.25) is 0 Å². The summed E-state index contributed by atoms with van der Waals surface area (Å²) in [6, 6.07) is 13.9. The van der Waals surface area contributed by atoms with Gasteiger partial charge < -0.3 is 5.32 Å². The second kappa shape index (κ2) is 9.39. The number of nitrogens with one attached hydrogen (secondary N) is 1. The minimum atomic E-state index is -0.117. The second-order valence-corrected chi connectivity index (χ2v) is 10.9. The molecule has 0 aliphatic heterocycles. The standard InChI is InChI=1S/C27H27N3O2S2/c1-16-9-12-19(13-10-16)30-26(32)24-20-6-4-5-7-22(20)34-25(24)29-27(30)33-15-23(31)28-21-14-17(2)8-11-18(21)3/h8-14H,4-7,15H2,1-3H3,(H,28,31). The molecule has 1 aliphatic carbocycles. The highest BCUT2D eigenvalue weighted by Gasteiger charge is 2.23. The number of hydrogen-bond acceptors (Lipinski definition) is 5. The molecule has 2 heterocycles. The largest absolute Gasteiger partial charge is 0.325 e. The number of hydrogen-bond donors (Lipinski definition) is 1. The van der Waals surface area contributed by atoms with Gasteiger partial charge in [-0.2, -0.15) is 0 Å². The molecule has 2 aromatic heterocycles. The highest BCUT2D eigenvalue weighted by Crippen LogP contribution is 2.35. The van der Waals surface area contributed by atoms with E-state index in [9.17, 15) is 9.59 Å². The monoisotopic (exact) mass is 489 g/mol. The van der Waals surface area contributed by atoms with E-state index >= 15 is 0 Å². The fourth-order valence-corrected chi connectivity index (χ4v) is 6.51. The van der Waals surface area contributed by atoms with E-state index in [0.29, 0.717) is 5.16 Å². The molecule has 0 saturated heterocycles. The van der Waals surface area contributed by atoms with Crippen LogP contribution in [0.25, 0.3) is 15.9 Å². The Labute approximate surface area is 207 Å². The van der Waals surface area contributed by atoms with E-state index in [0.717, 1.165) is 64.0 Å². The van der Waals surface area contributed by atoms with Crippen LogP contribution < -0.4 is 10.9 Å². The van der Waals surface area contributed by atoms with Crippen LogP contribution in [0.5, 0.6) is 0 Å². The molecule has 0 radical (unpaired) electrons. The first kappa shape index (κ1) is 22.9. The Hall–Kier alpha value is -2.90. The zero-order valence-corrected chi connectivity index (χ0v) is 21.2. The molecule has 0 bridgehead atoms. The second-order valence-electron chi connectivity index (χ2n) is 8.92. The third-order valence-electron chi connectivity index (χ3n) is 6.25. The number of nitrogens with zero attached hydrogens (tertiary/aromatic N) is 2. The third-order valence-corrected chi connectivity index (χ3v) is 8.37. The number of aromatic nitrogens is 2. The number of thioether (sulfide) groups is 1. The van der Waals surface area contributed by atoms with Crippen molar-refractivity contribution in [1.29, 1.82) is 0 Å². The zero-order valence-electron chi connectivity index (χ0n) is 19.6. The molecule has 0 spiro atoms. The van der Waals surface area contributed by atoms with E-state index in [1.54, 1.807) is 15.9 Å². The van der Waals surface area contributed by atoms with Crippen molar-refractivity contribution in [2.45, 2.75) is 51.6 Å². The molecule has 4 aromatic rings. The normalized spacial score (nSPS) is 13.1. The van der Waals surface area contributed by atoms with E-state index in [2.05, 4.69) is 5.32 Å². The van der Waals surface area contributed by atoms with Crippen molar-refractivity contribution in [3.05, 3.63) is 79.9 Å². The molecule has 5 nitrogen and oxygen atoms in total. The average Bonchev–Trinajstić information content (AvgIpc) is 3.20. The number of anilines is 1. The summed E-state index contributed by atoms with van der Waals surface area (Å²) < 4.78 is 1.68. The highest BCUT2D eigenvalue weighted by atomic mass is 32.2.